The molecule has 2 rings (SSSR count). The molecule has 43 valence electrons. The Balaban J connectivity index is 2.95. The van der Waals surface area contributed by atoms with E-state index in [9.17, 15) is 0 Å². The first kappa shape index (κ1) is 4.43. The molecule has 0 fully saturated rings. The molecule has 0 spiro atoms. The Morgan fingerprint density at radius 3 is 3.44 bits per heavy atom. The first-order chi connectivity index (χ1) is 4.47. The van der Waals surface area contributed by atoms with Crippen LogP contribution in [0.3, 0.4) is 0 Å². The number of aromatic amines is 1. The molecular weight excluding hydrogens is 116 g/mol. The maximum Gasteiger partial charge on any atom is 0.178 e. The maximum absolute atomic E-state index is 3.74. The summed E-state index contributed by atoms with van der Waals surface area (Å²) in [7, 11) is 0. The molecule has 0 unspecified atom stereocenters. The van der Waals surface area contributed by atoms with Crippen molar-refractivity contribution in [1.82, 2.24) is 20.4 Å². The van der Waals surface area contributed by atoms with Gasteiger partial charge in [-0.15, -0.1) is 5.10 Å². The van der Waals surface area contributed by atoms with Crippen molar-refractivity contribution in [3.63, 3.8) is 0 Å². The SMILES string of the molecule is [c]1cnnc2[nH]ncc12. The molecule has 0 aromatic carbocycles. The van der Waals surface area contributed by atoms with Gasteiger partial charge in [0, 0.05) is 6.07 Å². The lowest BCUT2D eigenvalue weighted by atomic mass is 10.4. The van der Waals surface area contributed by atoms with Crippen molar-refractivity contribution < 1.29 is 0 Å². The molecule has 0 bridgehead atoms. The molecular formula is C5H3N4. The van der Waals surface area contributed by atoms with Crippen LogP contribution in [0.1, 0.15) is 0 Å². The first-order valence-electron chi connectivity index (χ1n) is 2.49. The van der Waals surface area contributed by atoms with E-state index in [0.717, 1.165) is 5.39 Å². The molecule has 2 heterocycles. The molecule has 4 nitrogen and oxygen atoms in total. The Bertz CT molecular complexity index is 283. The Hall–Kier alpha value is -1.45. The van der Waals surface area contributed by atoms with Gasteiger partial charge < -0.3 is 0 Å². The van der Waals surface area contributed by atoms with Crippen molar-refractivity contribution in [3.8, 4) is 0 Å². The predicted molar refractivity (Wildman–Crippen MR) is 30.5 cm³/mol. The number of rotatable bonds is 0. The van der Waals surface area contributed by atoms with Gasteiger partial charge in [-0.25, -0.2) is 0 Å². The number of hydrogen-bond donors (Lipinski definition) is 1. The summed E-state index contributed by atoms with van der Waals surface area (Å²) in [5, 5.41) is 14.6. The van der Waals surface area contributed by atoms with Gasteiger partial charge in [-0.2, -0.15) is 10.2 Å². The molecule has 2 aromatic heterocycles. The van der Waals surface area contributed by atoms with Crippen molar-refractivity contribution in [2.24, 2.45) is 0 Å². The van der Waals surface area contributed by atoms with E-state index in [4.69, 9.17) is 0 Å². The van der Waals surface area contributed by atoms with Gasteiger partial charge in [0.05, 0.1) is 17.8 Å². The van der Waals surface area contributed by atoms with E-state index in [1.165, 1.54) is 6.20 Å². The normalized spacial score (nSPS) is 10.2. The number of nitrogens with zero attached hydrogens (tertiary/aromatic N) is 3. The van der Waals surface area contributed by atoms with Crippen LogP contribution < -0.4 is 0 Å². The predicted octanol–water partition coefficient (Wildman–Crippen LogP) is 0.153. The number of hydrogen-bond acceptors (Lipinski definition) is 3. The Labute approximate surface area is 50.9 Å². The highest BCUT2D eigenvalue weighted by atomic mass is 15.2. The van der Waals surface area contributed by atoms with E-state index in [1.807, 2.05) is 0 Å². The standard InChI is InChI=1S/C5H3N4/c1-2-6-8-5-4(1)3-7-9-5/h2-3H,(H,7,8,9). The highest BCUT2D eigenvalue weighted by Gasteiger charge is 1.91. The van der Waals surface area contributed by atoms with Crippen LogP contribution in [-0.2, 0) is 0 Å². The largest absolute Gasteiger partial charge is 0.259 e. The number of fused-ring (bicyclic) bond motifs is 1. The first-order valence-corrected chi connectivity index (χ1v) is 2.49. The molecule has 0 atom stereocenters. The molecule has 0 saturated carbocycles. The van der Waals surface area contributed by atoms with Crippen LogP contribution in [0.4, 0.5) is 0 Å². The second kappa shape index (κ2) is 1.51. The minimum Gasteiger partial charge on any atom is -0.259 e. The van der Waals surface area contributed by atoms with E-state index in [2.05, 4.69) is 26.5 Å². The van der Waals surface area contributed by atoms with E-state index >= 15 is 0 Å². The Kier molecular flexibility index (Phi) is 0.745. The van der Waals surface area contributed by atoms with Crippen LogP contribution in [0, 0.1) is 6.07 Å². The summed E-state index contributed by atoms with van der Waals surface area (Å²) in [6, 6.07) is 2.86. The summed E-state index contributed by atoms with van der Waals surface area (Å²) in [5.41, 5.74) is 0.678. The molecule has 9 heavy (non-hydrogen) atoms. The summed E-state index contributed by atoms with van der Waals surface area (Å²) in [6.07, 6.45) is 3.17. The van der Waals surface area contributed by atoms with E-state index in [1.54, 1.807) is 6.20 Å². The maximum atomic E-state index is 3.74. The van der Waals surface area contributed by atoms with E-state index in [-0.39, 0.29) is 0 Å². The molecule has 4 heteroatoms. The summed E-state index contributed by atoms with van der Waals surface area (Å²) in [6.45, 7) is 0. The van der Waals surface area contributed by atoms with Crippen molar-refractivity contribution in [1.29, 1.82) is 0 Å². The van der Waals surface area contributed by atoms with E-state index in [0.29, 0.717) is 5.65 Å². The minimum atomic E-state index is 0.678. The highest BCUT2D eigenvalue weighted by molar-refractivity contribution is 5.71. The van der Waals surface area contributed by atoms with Gasteiger partial charge in [0.15, 0.2) is 5.65 Å². The topological polar surface area (TPSA) is 54.5 Å². The van der Waals surface area contributed by atoms with Gasteiger partial charge in [0.25, 0.3) is 0 Å². The van der Waals surface area contributed by atoms with Crippen LogP contribution >= 0.6 is 0 Å². The third-order valence-electron chi connectivity index (χ3n) is 1.05. The lowest BCUT2D eigenvalue weighted by Gasteiger charge is -1.78. The fraction of sp³-hybridized carbons (Fsp3) is 0. The van der Waals surface area contributed by atoms with Crippen LogP contribution in [0.5, 0.6) is 0 Å². The summed E-state index contributed by atoms with van der Waals surface area (Å²) in [4.78, 5) is 0. The molecule has 1 N–H and O–H groups in total. The van der Waals surface area contributed by atoms with E-state index < -0.39 is 0 Å². The van der Waals surface area contributed by atoms with Gasteiger partial charge in [0.2, 0.25) is 0 Å². The lowest BCUT2D eigenvalue weighted by Crippen LogP contribution is -1.78. The molecule has 1 radical (unpaired) electrons. The van der Waals surface area contributed by atoms with Gasteiger partial charge in [0.1, 0.15) is 0 Å². The van der Waals surface area contributed by atoms with Crippen LogP contribution in [-0.4, -0.2) is 20.4 Å². The van der Waals surface area contributed by atoms with Crippen LogP contribution in [0.2, 0.25) is 0 Å². The van der Waals surface area contributed by atoms with Gasteiger partial charge in [-0.3, -0.25) is 5.10 Å². The van der Waals surface area contributed by atoms with Crippen molar-refractivity contribution in [2.45, 2.75) is 0 Å². The third kappa shape index (κ3) is 0.561. The van der Waals surface area contributed by atoms with Gasteiger partial charge in [-0.05, 0) is 0 Å². The molecule has 0 aliphatic carbocycles. The zero-order valence-electron chi connectivity index (χ0n) is 4.50. The minimum absolute atomic E-state index is 0.678. The van der Waals surface area contributed by atoms with Crippen LogP contribution in [0.15, 0.2) is 12.4 Å². The number of aromatic nitrogens is 4. The van der Waals surface area contributed by atoms with Crippen molar-refractivity contribution in [2.75, 3.05) is 0 Å². The number of nitrogens with one attached hydrogen (secondary N) is 1. The van der Waals surface area contributed by atoms with Gasteiger partial charge >= 0.3 is 0 Å². The Morgan fingerprint density at radius 2 is 2.56 bits per heavy atom. The highest BCUT2D eigenvalue weighted by Crippen LogP contribution is 2.00. The smallest absolute Gasteiger partial charge is 0.178 e. The Morgan fingerprint density at radius 1 is 1.56 bits per heavy atom. The quantitative estimate of drug-likeness (QED) is 0.537. The molecule has 0 amide bonds. The van der Waals surface area contributed by atoms with Crippen molar-refractivity contribution >= 4 is 11.0 Å². The summed E-state index contributed by atoms with van der Waals surface area (Å²) < 4.78 is 0. The molecule has 0 aliphatic rings. The monoisotopic (exact) mass is 119 g/mol. The fourth-order valence-corrected chi connectivity index (χ4v) is 0.646. The summed E-state index contributed by atoms with van der Waals surface area (Å²) in [5.74, 6) is 0. The second-order valence-electron chi connectivity index (χ2n) is 1.62. The number of H-pyrrole nitrogens is 1. The van der Waals surface area contributed by atoms with Crippen molar-refractivity contribution in [3.05, 3.63) is 18.5 Å². The third-order valence-corrected chi connectivity index (χ3v) is 1.05. The molecule has 0 aliphatic heterocycles. The fourth-order valence-electron chi connectivity index (χ4n) is 0.646. The zero-order valence-corrected chi connectivity index (χ0v) is 4.50. The summed E-state index contributed by atoms with van der Waals surface area (Å²) >= 11 is 0. The van der Waals surface area contributed by atoms with Gasteiger partial charge in [-0.1, -0.05) is 0 Å². The van der Waals surface area contributed by atoms with Crippen LogP contribution in [0.25, 0.3) is 11.0 Å². The zero-order chi connectivity index (χ0) is 6.10. The second-order valence-corrected chi connectivity index (χ2v) is 1.62. The lowest BCUT2D eigenvalue weighted by molar-refractivity contribution is 1.02. The molecule has 2 aromatic rings. The average Bonchev–Trinajstić information content (AvgIpc) is 2.33. The molecule has 0 saturated heterocycles. The average molecular weight is 119 g/mol.